The number of halogens is 1. The molecule has 0 aliphatic heterocycles. The van der Waals surface area contributed by atoms with E-state index in [0.717, 1.165) is 25.2 Å². The van der Waals surface area contributed by atoms with E-state index in [1.54, 1.807) is 6.20 Å². The highest BCUT2D eigenvalue weighted by Crippen LogP contribution is 2.23. The molecule has 0 unspecified atom stereocenters. The molecule has 0 saturated heterocycles. The van der Waals surface area contributed by atoms with Crippen molar-refractivity contribution in [1.29, 1.82) is 0 Å². The molecule has 0 atom stereocenters. The molecule has 0 bridgehead atoms. The average Bonchev–Trinajstić information content (AvgIpc) is 2.18. The molecule has 0 aromatic carbocycles. The minimum atomic E-state index is 0.354. The van der Waals surface area contributed by atoms with Crippen LogP contribution in [0.15, 0.2) is 12.3 Å². The Hall–Kier alpha value is -1.00. The van der Waals surface area contributed by atoms with Gasteiger partial charge in [0.1, 0.15) is 0 Å². The normalized spacial score (nSPS) is 10.7. The van der Waals surface area contributed by atoms with Gasteiger partial charge in [0.2, 0.25) is 0 Å². The summed E-state index contributed by atoms with van der Waals surface area (Å²) in [5.74, 6) is 0. The summed E-state index contributed by atoms with van der Waals surface area (Å²) in [6.07, 6.45) is 2.71. The first-order valence-electron chi connectivity index (χ1n) is 4.90. The Morgan fingerprint density at radius 2 is 2.27 bits per heavy atom. The van der Waals surface area contributed by atoms with Crippen LogP contribution in [0.2, 0.25) is 5.15 Å². The number of aromatic nitrogens is 1. The molecule has 0 spiro atoms. The number of hydrogen-bond acceptors (Lipinski definition) is 4. The number of nitrogens with zero attached hydrogens (tertiary/aromatic N) is 2. The number of nitrogen functional groups attached to an aromatic ring is 1. The molecule has 0 saturated carbocycles. The molecule has 4 nitrogen and oxygen atoms in total. The fourth-order valence-electron chi connectivity index (χ4n) is 1.22. The van der Waals surface area contributed by atoms with E-state index >= 15 is 0 Å². The maximum absolute atomic E-state index is 5.79. The van der Waals surface area contributed by atoms with Crippen LogP contribution < -0.4 is 11.1 Å². The van der Waals surface area contributed by atoms with Gasteiger partial charge in [-0.1, -0.05) is 11.6 Å². The number of nitrogens with one attached hydrogen (secondary N) is 1. The van der Waals surface area contributed by atoms with Gasteiger partial charge in [-0.15, -0.1) is 0 Å². The van der Waals surface area contributed by atoms with E-state index in [1.165, 1.54) is 0 Å². The highest BCUT2D eigenvalue weighted by Gasteiger charge is 2.02. The van der Waals surface area contributed by atoms with Crippen molar-refractivity contribution in [3.05, 3.63) is 17.4 Å². The SMILES string of the molecule is CN(C)CCCNc1ccnc(Cl)c1N. The van der Waals surface area contributed by atoms with Crippen LogP contribution in [0.5, 0.6) is 0 Å². The maximum atomic E-state index is 5.79. The molecule has 5 heteroatoms. The zero-order valence-corrected chi connectivity index (χ0v) is 9.88. The van der Waals surface area contributed by atoms with Crippen molar-refractivity contribution in [3.8, 4) is 0 Å². The molecular weight excluding hydrogens is 212 g/mol. The van der Waals surface area contributed by atoms with Gasteiger partial charge in [-0.2, -0.15) is 0 Å². The van der Waals surface area contributed by atoms with Crippen LogP contribution in [0.4, 0.5) is 11.4 Å². The third kappa shape index (κ3) is 3.93. The fourth-order valence-corrected chi connectivity index (χ4v) is 1.38. The summed E-state index contributed by atoms with van der Waals surface area (Å²) in [5.41, 5.74) is 7.13. The van der Waals surface area contributed by atoms with Gasteiger partial charge in [0.05, 0.1) is 11.4 Å². The summed E-state index contributed by atoms with van der Waals surface area (Å²) in [6, 6.07) is 1.83. The van der Waals surface area contributed by atoms with Crippen LogP contribution >= 0.6 is 11.6 Å². The van der Waals surface area contributed by atoms with Gasteiger partial charge < -0.3 is 16.0 Å². The summed E-state index contributed by atoms with van der Waals surface area (Å²) in [6.45, 7) is 1.93. The average molecular weight is 229 g/mol. The van der Waals surface area contributed by atoms with Crippen molar-refractivity contribution in [1.82, 2.24) is 9.88 Å². The third-order valence-electron chi connectivity index (χ3n) is 2.04. The van der Waals surface area contributed by atoms with Gasteiger partial charge in [-0.25, -0.2) is 4.98 Å². The van der Waals surface area contributed by atoms with Crippen molar-refractivity contribution in [2.75, 3.05) is 38.2 Å². The second-order valence-corrected chi connectivity index (χ2v) is 4.00. The van der Waals surface area contributed by atoms with Crippen LogP contribution in [0, 0.1) is 0 Å². The van der Waals surface area contributed by atoms with Crippen LogP contribution in [-0.4, -0.2) is 37.1 Å². The van der Waals surface area contributed by atoms with E-state index in [-0.39, 0.29) is 0 Å². The van der Waals surface area contributed by atoms with Crippen molar-refractivity contribution in [2.45, 2.75) is 6.42 Å². The summed E-state index contributed by atoms with van der Waals surface area (Å²) < 4.78 is 0. The second kappa shape index (κ2) is 5.78. The lowest BCUT2D eigenvalue weighted by Gasteiger charge is -2.12. The minimum absolute atomic E-state index is 0.354. The second-order valence-electron chi connectivity index (χ2n) is 3.65. The largest absolute Gasteiger partial charge is 0.395 e. The van der Waals surface area contributed by atoms with Gasteiger partial charge in [0.25, 0.3) is 0 Å². The van der Waals surface area contributed by atoms with E-state index in [0.29, 0.717) is 10.8 Å². The Morgan fingerprint density at radius 1 is 1.53 bits per heavy atom. The quantitative estimate of drug-likeness (QED) is 0.595. The first kappa shape index (κ1) is 12.1. The zero-order valence-electron chi connectivity index (χ0n) is 9.13. The molecule has 15 heavy (non-hydrogen) atoms. The summed E-state index contributed by atoms with van der Waals surface area (Å²) in [7, 11) is 4.11. The fraction of sp³-hybridized carbons (Fsp3) is 0.500. The van der Waals surface area contributed by atoms with Crippen LogP contribution in [0.1, 0.15) is 6.42 Å². The molecule has 0 aliphatic carbocycles. The van der Waals surface area contributed by atoms with Gasteiger partial charge in [0, 0.05) is 12.7 Å². The smallest absolute Gasteiger partial charge is 0.153 e. The molecule has 84 valence electrons. The highest BCUT2D eigenvalue weighted by atomic mass is 35.5. The molecule has 0 fully saturated rings. The van der Waals surface area contributed by atoms with E-state index in [9.17, 15) is 0 Å². The number of hydrogen-bond donors (Lipinski definition) is 2. The predicted octanol–water partition coefficient (Wildman–Crippen LogP) is 1.68. The maximum Gasteiger partial charge on any atom is 0.153 e. The monoisotopic (exact) mass is 228 g/mol. The highest BCUT2D eigenvalue weighted by molar-refractivity contribution is 6.32. The molecule has 0 amide bonds. The number of pyridine rings is 1. The van der Waals surface area contributed by atoms with E-state index < -0.39 is 0 Å². The number of anilines is 2. The Kier molecular flexibility index (Phi) is 4.65. The third-order valence-corrected chi connectivity index (χ3v) is 2.34. The number of rotatable bonds is 5. The van der Waals surface area contributed by atoms with Crippen molar-refractivity contribution in [2.24, 2.45) is 0 Å². The van der Waals surface area contributed by atoms with Crippen molar-refractivity contribution in [3.63, 3.8) is 0 Å². The van der Waals surface area contributed by atoms with Gasteiger partial charge in [-0.05, 0) is 33.1 Å². The van der Waals surface area contributed by atoms with Crippen molar-refractivity contribution >= 4 is 23.0 Å². The molecule has 0 aliphatic rings. The summed E-state index contributed by atoms with van der Waals surface area (Å²) in [5, 5.41) is 3.59. The molecule has 1 heterocycles. The summed E-state index contributed by atoms with van der Waals surface area (Å²) in [4.78, 5) is 6.03. The van der Waals surface area contributed by atoms with Crippen LogP contribution in [0.3, 0.4) is 0 Å². The first-order valence-corrected chi connectivity index (χ1v) is 5.27. The van der Waals surface area contributed by atoms with Crippen LogP contribution in [-0.2, 0) is 0 Å². The van der Waals surface area contributed by atoms with E-state index in [1.807, 2.05) is 6.07 Å². The lowest BCUT2D eigenvalue weighted by Crippen LogP contribution is -2.16. The Balaban J connectivity index is 2.41. The topological polar surface area (TPSA) is 54.2 Å². The zero-order chi connectivity index (χ0) is 11.3. The molecule has 1 aromatic rings. The Bertz CT molecular complexity index is 314. The first-order chi connectivity index (χ1) is 7.11. The number of nitrogens with two attached hydrogens (primary N) is 1. The molecule has 0 radical (unpaired) electrons. The summed E-state index contributed by atoms with van der Waals surface area (Å²) >= 11 is 5.79. The van der Waals surface area contributed by atoms with Gasteiger partial charge in [0.15, 0.2) is 5.15 Å². The lowest BCUT2D eigenvalue weighted by molar-refractivity contribution is 0.405. The van der Waals surface area contributed by atoms with E-state index in [4.69, 9.17) is 17.3 Å². The Morgan fingerprint density at radius 3 is 2.93 bits per heavy atom. The standard InChI is InChI=1S/C10H17ClN4/c1-15(2)7-3-5-13-8-4-6-14-10(11)9(8)12/h4,6H,3,5,7,12H2,1-2H3,(H,13,14). The molecule has 1 aromatic heterocycles. The lowest BCUT2D eigenvalue weighted by atomic mass is 10.3. The molecule has 3 N–H and O–H groups in total. The van der Waals surface area contributed by atoms with E-state index in [2.05, 4.69) is 29.3 Å². The van der Waals surface area contributed by atoms with Crippen molar-refractivity contribution < 1.29 is 0 Å². The van der Waals surface area contributed by atoms with Crippen LogP contribution in [0.25, 0.3) is 0 Å². The Labute approximate surface area is 95.4 Å². The molecular formula is C10H17ClN4. The predicted molar refractivity (Wildman–Crippen MR) is 65.3 cm³/mol. The van der Waals surface area contributed by atoms with Gasteiger partial charge in [-0.3, -0.25) is 0 Å². The van der Waals surface area contributed by atoms with Gasteiger partial charge >= 0.3 is 0 Å². The minimum Gasteiger partial charge on any atom is -0.395 e. The molecule has 1 rings (SSSR count).